The van der Waals surface area contributed by atoms with E-state index >= 15 is 0 Å². The van der Waals surface area contributed by atoms with Crippen LogP contribution >= 0.6 is 0 Å². The molecule has 1 aromatic heterocycles. The average molecular weight is 192 g/mol. The first kappa shape index (κ1) is 9.62. The van der Waals surface area contributed by atoms with Gasteiger partial charge in [0.1, 0.15) is 0 Å². The standard InChI is InChI=1S/C11H16N2O/c1-14-11-6-10(7-11)13-8-9-2-4-12-5-3-9/h2-5,10-11,13H,6-8H2,1H3. The molecule has 76 valence electrons. The Morgan fingerprint density at radius 3 is 2.79 bits per heavy atom. The summed E-state index contributed by atoms with van der Waals surface area (Å²) in [4.78, 5) is 3.98. The number of methoxy groups -OCH3 is 1. The molecule has 0 aliphatic heterocycles. The van der Waals surface area contributed by atoms with Crippen LogP contribution in [0.25, 0.3) is 0 Å². The maximum absolute atomic E-state index is 5.22. The van der Waals surface area contributed by atoms with E-state index in [1.54, 1.807) is 7.11 Å². The molecule has 0 unspecified atom stereocenters. The smallest absolute Gasteiger partial charge is 0.0601 e. The van der Waals surface area contributed by atoms with Crippen molar-refractivity contribution in [3.05, 3.63) is 30.1 Å². The third-order valence-electron chi connectivity index (χ3n) is 2.77. The van der Waals surface area contributed by atoms with Crippen LogP contribution in [-0.4, -0.2) is 24.2 Å². The highest BCUT2D eigenvalue weighted by Gasteiger charge is 2.27. The van der Waals surface area contributed by atoms with E-state index in [0.717, 1.165) is 19.4 Å². The molecule has 1 aliphatic rings. The SMILES string of the molecule is COC1CC(NCc2ccncc2)C1. The van der Waals surface area contributed by atoms with Gasteiger partial charge in [-0.15, -0.1) is 0 Å². The highest BCUT2D eigenvalue weighted by Crippen LogP contribution is 2.22. The summed E-state index contributed by atoms with van der Waals surface area (Å²) in [6.45, 7) is 0.934. The molecule has 1 fully saturated rings. The number of hydrogen-bond acceptors (Lipinski definition) is 3. The molecule has 1 aliphatic carbocycles. The highest BCUT2D eigenvalue weighted by molar-refractivity contribution is 5.09. The van der Waals surface area contributed by atoms with Gasteiger partial charge in [-0.25, -0.2) is 0 Å². The zero-order chi connectivity index (χ0) is 9.80. The molecule has 0 amide bonds. The van der Waals surface area contributed by atoms with Gasteiger partial charge in [0.2, 0.25) is 0 Å². The Labute approximate surface area is 84.5 Å². The van der Waals surface area contributed by atoms with Crippen LogP contribution in [0.15, 0.2) is 24.5 Å². The molecule has 0 radical (unpaired) electrons. The zero-order valence-electron chi connectivity index (χ0n) is 8.44. The lowest BCUT2D eigenvalue weighted by atomic mass is 9.89. The minimum atomic E-state index is 0.477. The van der Waals surface area contributed by atoms with Crippen molar-refractivity contribution in [3.8, 4) is 0 Å². The van der Waals surface area contributed by atoms with Crippen molar-refractivity contribution in [2.24, 2.45) is 0 Å². The molecule has 1 saturated carbocycles. The summed E-state index contributed by atoms with van der Waals surface area (Å²) in [5.74, 6) is 0. The number of ether oxygens (including phenoxy) is 1. The van der Waals surface area contributed by atoms with Crippen molar-refractivity contribution < 1.29 is 4.74 Å². The Bertz CT molecular complexity index is 270. The fourth-order valence-corrected chi connectivity index (χ4v) is 1.69. The number of hydrogen-bond donors (Lipinski definition) is 1. The topological polar surface area (TPSA) is 34.1 Å². The zero-order valence-corrected chi connectivity index (χ0v) is 8.44. The van der Waals surface area contributed by atoms with E-state index in [9.17, 15) is 0 Å². The molecule has 0 bridgehead atoms. The third kappa shape index (κ3) is 2.30. The van der Waals surface area contributed by atoms with E-state index in [0.29, 0.717) is 12.1 Å². The van der Waals surface area contributed by atoms with Gasteiger partial charge < -0.3 is 10.1 Å². The Balaban J connectivity index is 1.69. The lowest BCUT2D eigenvalue weighted by Crippen LogP contribution is -2.44. The number of aromatic nitrogens is 1. The Hall–Kier alpha value is -0.930. The summed E-state index contributed by atoms with van der Waals surface area (Å²) >= 11 is 0. The van der Waals surface area contributed by atoms with Gasteiger partial charge in [0.05, 0.1) is 6.10 Å². The molecule has 3 nitrogen and oxygen atoms in total. The van der Waals surface area contributed by atoms with E-state index in [-0.39, 0.29) is 0 Å². The summed E-state index contributed by atoms with van der Waals surface area (Å²) in [6.07, 6.45) is 6.42. The van der Waals surface area contributed by atoms with Crippen LogP contribution in [0, 0.1) is 0 Å². The van der Waals surface area contributed by atoms with Crippen molar-refractivity contribution in [1.82, 2.24) is 10.3 Å². The van der Waals surface area contributed by atoms with Crippen LogP contribution < -0.4 is 5.32 Å². The second-order valence-corrected chi connectivity index (χ2v) is 3.76. The first-order valence-corrected chi connectivity index (χ1v) is 5.03. The molecule has 2 rings (SSSR count). The molecule has 14 heavy (non-hydrogen) atoms. The van der Waals surface area contributed by atoms with Crippen LogP contribution in [0.4, 0.5) is 0 Å². The largest absolute Gasteiger partial charge is 0.381 e. The highest BCUT2D eigenvalue weighted by atomic mass is 16.5. The van der Waals surface area contributed by atoms with Gasteiger partial charge in [0, 0.05) is 32.1 Å². The number of pyridine rings is 1. The van der Waals surface area contributed by atoms with Gasteiger partial charge >= 0.3 is 0 Å². The number of nitrogens with one attached hydrogen (secondary N) is 1. The molecular weight excluding hydrogens is 176 g/mol. The summed E-state index contributed by atoms with van der Waals surface area (Å²) in [6, 6.07) is 4.71. The minimum Gasteiger partial charge on any atom is -0.381 e. The Morgan fingerprint density at radius 2 is 2.14 bits per heavy atom. The third-order valence-corrected chi connectivity index (χ3v) is 2.77. The second-order valence-electron chi connectivity index (χ2n) is 3.76. The second kappa shape index (κ2) is 4.53. The Kier molecular flexibility index (Phi) is 3.11. The molecule has 1 N–H and O–H groups in total. The summed E-state index contributed by atoms with van der Waals surface area (Å²) in [7, 11) is 1.78. The lowest BCUT2D eigenvalue weighted by Gasteiger charge is -2.34. The van der Waals surface area contributed by atoms with Gasteiger partial charge in [-0.3, -0.25) is 4.98 Å². The van der Waals surface area contributed by atoms with Crippen molar-refractivity contribution in [3.63, 3.8) is 0 Å². The number of rotatable bonds is 4. The maximum atomic E-state index is 5.22. The van der Waals surface area contributed by atoms with Crippen molar-refractivity contribution in [1.29, 1.82) is 0 Å². The van der Waals surface area contributed by atoms with Crippen LogP contribution in [0.1, 0.15) is 18.4 Å². The van der Waals surface area contributed by atoms with E-state index in [1.807, 2.05) is 24.5 Å². The van der Waals surface area contributed by atoms with E-state index < -0.39 is 0 Å². The average Bonchev–Trinajstić information content (AvgIpc) is 2.17. The van der Waals surface area contributed by atoms with E-state index in [2.05, 4.69) is 10.3 Å². The first-order chi connectivity index (χ1) is 6.88. The fraction of sp³-hybridized carbons (Fsp3) is 0.545. The van der Waals surface area contributed by atoms with Gasteiger partial charge in [0.25, 0.3) is 0 Å². The minimum absolute atomic E-state index is 0.477. The molecule has 0 saturated heterocycles. The van der Waals surface area contributed by atoms with Crippen molar-refractivity contribution >= 4 is 0 Å². The monoisotopic (exact) mass is 192 g/mol. The van der Waals surface area contributed by atoms with Crippen LogP contribution in [0.3, 0.4) is 0 Å². The lowest BCUT2D eigenvalue weighted by molar-refractivity contribution is 0.0170. The Morgan fingerprint density at radius 1 is 1.43 bits per heavy atom. The summed E-state index contributed by atoms with van der Waals surface area (Å²) in [5, 5.41) is 3.49. The van der Waals surface area contributed by atoms with Crippen LogP contribution in [0.2, 0.25) is 0 Å². The molecule has 1 heterocycles. The van der Waals surface area contributed by atoms with Crippen molar-refractivity contribution in [2.75, 3.05) is 7.11 Å². The normalized spacial score (nSPS) is 25.8. The summed E-state index contributed by atoms with van der Waals surface area (Å²) < 4.78 is 5.22. The van der Waals surface area contributed by atoms with E-state index in [4.69, 9.17) is 4.74 Å². The quantitative estimate of drug-likeness (QED) is 0.782. The number of nitrogens with zero attached hydrogens (tertiary/aromatic N) is 1. The van der Waals surface area contributed by atoms with Gasteiger partial charge in [-0.05, 0) is 30.5 Å². The van der Waals surface area contributed by atoms with E-state index in [1.165, 1.54) is 5.56 Å². The molecule has 3 heteroatoms. The molecule has 0 aromatic carbocycles. The van der Waals surface area contributed by atoms with Gasteiger partial charge in [-0.1, -0.05) is 0 Å². The molecule has 1 aromatic rings. The first-order valence-electron chi connectivity index (χ1n) is 5.03. The van der Waals surface area contributed by atoms with Crippen LogP contribution in [0.5, 0.6) is 0 Å². The molecular formula is C11H16N2O. The predicted octanol–water partition coefficient (Wildman–Crippen LogP) is 1.35. The van der Waals surface area contributed by atoms with Gasteiger partial charge in [-0.2, -0.15) is 0 Å². The predicted molar refractivity (Wildman–Crippen MR) is 54.9 cm³/mol. The van der Waals surface area contributed by atoms with Crippen molar-refractivity contribution in [2.45, 2.75) is 31.5 Å². The molecule has 0 spiro atoms. The summed E-state index contributed by atoms with van der Waals surface area (Å²) in [5.41, 5.74) is 1.29. The van der Waals surface area contributed by atoms with Crippen LogP contribution in [-0.2, 0) is 11.3 Å². The fourth-order valence-electron chi connectivity index (χ4n) is 1.69. The maximum Gasteiger partial charge on any atom is 0.0601 e. The van der Waals surface area contributed by atoms with Gasteiger partial charge in [0.15, 0.2) is 0 Å². The molecule has 0 atom stereocenters.